The van der Waals surface area contributed by atoms with E-state index in [1.807, 2.05) is 0 Å². The smallest absolute Gasteiger partial charge is 0.392 e. The van der Waals surface area contributed by atoms with Gasteiger partial charge < -0.3 is 15.3 Å². The van der Waals surface area contributed by atoms with Crippen LogP contribution < -0.4 is 5.32 Å². The van der Waals surface area contributed by atoms with E-state index in [4.69, 9.17) is 0 Å². The predicted octanol–water partition coefficient (Wildman–Crippen LogP) is 0.177. The van der Waals surface area contributed by atoms with Gasteiger partial charge in [-0.15, -0.1) is 13.2 Å². The van der Waals surface area contributed by atoms with Gasteiger partial charge in [0, 0.05) is 25.7 Å². The highest BCUT2D eigenvalue weighted by atomic mass is 19.4. The van der Waals surface area contributed by atoms with Gasteiger partial charge >= 0.3 is 6.36 Å². The molecule has 2 atom stereocenters. The lowest BCUT2D eigenvalue weighted by atomic mass is 10.2. The van der Waals surface area contributed by atoms with Gasteiger partial charge in [0.1, 0.15) is 0 Å². The maximum absolute atomic E-state index is 11.7. The number of likely N-dealkylation sites (N-methyl/N-ethyl adjacent to an activating group) is 1. The molecule has 2 N–H and O–H groups in total. The van der Waals surface area contributed by atoms with Crippen molar-refractivity contribution in [2.45, 2.75) is 24.9 Å². The number of hydrogen-bond donors (Lipinski definition) is 2. The molecule has 96 valence electrons. The SMILES string of the molecule is CN(CCOC(F)(F)F)CC1CC(O)CN1. The van der Waals surface area contributed by atoms with Gasteiger partial charge in [-0.3, -0.25) is 4.74 Å². The molecule has 4 nitrogen and oxygen atoms in total. The molecular weight excluding hydrogens is 225 g/mol. The van der Waals surface area contributed by atoms with Crippen molar-refractivity contribution < 1.29 is 23.0 Å². The van der Waals surface area contributed by atoms with Gasteiger partial charge in [0.2, 0.25) is 0 Å². The number of halogens is 3. The second kappa shape index (κ2) is 5.81. The van der Waals surface area contributed by atoms with Crippen LogP contribution in [0.25, 0.3) is 0 Å². The van der Waals surface area contributed by atoms with Crippen molar-refractivity contribution in [2.75, 3.05) is 33.3 Å². The van der Waals surface area contributed by atoms with E-state index in [0.717, 1.165) is 0 Å². The number of alkyl halides is 3. The fourth-order valence-corrected chi connectivity index (χ4v) is 1.72. The summed E-state index contributed by atoms with van der Waals surface area (Å²) in [6.45, 7) is 1.01. The van der Waals surface area contributed by atoms with Crippen LogP contribution in [0.15, 0.2) is 0 Å². The number of nitrogens with one attached hydrogen (secondary N) is 1. The third kappa shape index (κ3) is 5.64. The topological polar surface area (TPSA) is 44.7 Å². The number of nitrogens with zero attached hydrogens (tertiary/aromatic N) is 1. The third-order valence-corrected chi connectivity index (χ3v) is 2.47. The maximum atomic E-state index is 11.7. The average molecular weight is 242 g/mol. The van der Waals surface area contributed by atoms with Crippen LogP contribution in [0.2, 0.25) is 0 Å². The highest BCUT2D eigenvalue weighted by Crippen LogP contribution is 2.15. The van der Waals surface area contributed by atoms with Crippen molar-refractivity contribution in [1.82, 2.24) is 10.2 Å². The Kier molecular flexibility index (Phi) is 4.97. The van der Waals surface area contributed by atoms with Crippen molar-refractivity contribution in [1.29, 1.82) is 0 Å². The molecule has 7 heteroatoms. The number of hydrogen-bond acceptors (Lipinski definition) is 4. The van der Waals surface area contributed by atoms with Crippen molar-refractivity contribution in [3.8, 4) is 0 Å². The van der Waals surface area contributed by atoms with Gasteiger partial charge in [0.05, 0.1) is 12.7 Å². The summed E-state index contributed by atoms with van der Waals surface area (Å²) < 4.78 is 38.7. The summed E-state index contributed by atoms with van der Waals surface area (Å²) >= 11 is 0. The van der Waals surface area contributed by atoms with E-state index in [9.17, 15) is 18.3 Å². The molecule has 0 aromatic heterocycles. The molecule has 1 aliphatic heterocycles. The van der Waals surface area contributed by atoms with Crippen LogP contribution in [0.3, 0.4) is 0 Å². The van der Waals surface area contributed by atoms with Crippen LogP contribution in [0.1, 0.15) is 6.42 Å². The van der Waals surface area contributed by atoms with E-state index in [-0.39, 0.29) is 25.3 Å². The predicted molar refractivity (Wildman–Crippen MR) is 51.9 cm³/mol. The summed E-state index contributed by atoms with van der Waals surface area (Å²) in [5, 5.41) is 12.3. The number of β-amino-alcohol motifs (C(OH)–C–C–N with tert-alkyl or cyclic N) is 1. The lowest BCUT2D eigenvalue weighted by Crippen LogP contribution is -2.37. The third-order valence-electron chi connectivity index (χ3n) is 2.47. The average Bonchev–Trinajstić information content (AvgIpc) is 2.48. The van der Waals surface area contributed by atoms with Gasteiger partial charge in [0.15, 0.2) is 0 Å². The molecule has 0 aromatic rings. The second-order valence-electron chi connectivity index (χ2n) is 4.05. The van der Waals surface area contributed by atoms with Crippen molar-refractivity contribution >= 4 is 0 Å². The zero-order valence-corrected chi connectivity index (χ0v) is 9.13. The molecule has 1 rings (SSSR count). The van der Waals surface area contributed by atoms with Crippen LogP contribution in [-0.2, 0) is 4.74 Å². The van der Waals surface area contributed by atoms with Crippen LogP contribution in [-0.4, -0.2) is 61.8 Å². The molecule has 1 fully saturated rings. The Hall–Kier alpha value is -0.370. The fraction of sp³-hybridized carbons (Fsp3) is 1.00. The minimum absolute atomic E-state index is 0.144. The minimum atomic E-state index is -4.55. The molecule has 0 amide bonds. The highest BCUT2D eigenvalue weighted by Gasteiger charge is 2.29. The molecule has 1 heterocycles. The summed E-state index contributed by atoms with van der Waals surface area (Å²) in [4.78, 5) is 1.75. The molecule has 0 saturated carbocycles. The Morgan fingerprint density at radius 2 is 2.19 bits per heavy atom. The van der Waals surface area contributed by atoms with Gasteiger partial charge in [-0.25, -0.2) is 0 Å². The summed E-state index contributed by atoms with van der Waals surface area (Å²) in [6.07, 6.45) is -4.25. The molecule has 16 heavy (non-hydrogen) atoms. The van der Waals surface area contributed by atoms with Gasteiger partial charge in [-0.2, -0.15) is 0 Å². The Bertz CT molecular complexity index is 213. The van der Waals surface area contributed by atoms with E-state index in [2.05, 4.69) is 10.1 Å². The Morgan fingerprint density at radius 3 is 2.69 bits per heavy atom. The summed E-state index contributed by atoms with van der Waals surface area (Å²) in [6, 6.07) is 0.144. The second-order valence-corrected chi connectivity index (χ2v) is 4.05. The van der Waals surface area contributed by atoms with Crippen LogP contribution in [0.4, 0.5) is 13.2 Å². The Balaban J connectivity index is 2.09. The molecular formula is C9H17F3N2O2. The van der Waals surface area contributed by atoms with Crippen LogP contribution >= 0.6 is 0 Å². The van der Waals surface area contributed by atoms with E-state index in [0.29, 0.717) is 19.5 Å². The van der Waals surface area contributed by atoms with Crippen molar-refractivity contribution in [2.24, 2.45) is 0 Å². The van der Waals surface area contributed by atoms with E-state index >= 15 is 0 Å². The molecule has 0 spiro atoms. The van der Waals surface area contributed by atoms with E-state index in [1.54, 1.807) is 11.9 Å². The molecule has 1 saturated heterocycles. The zero-order chi connectivity index (χ0) is 12.2. The number of rotatable bonds is 5. The van der Waals surface area contributed by atoms with Gasteiger partial charge in [-0.05, 0) is 13.5 Å². The van der Waals surface area contributed by atoms with Gasteiger partial charge in [0.25, 0.3) is 0 Å². The number of ether oxygens (including phenoxy) is 1. The molecule has 0 bridgehead atoms. The van der Waals surface area contributed by atoms with E-state index in [1.165, 1.54) is 0 Å². The largest absolute Gasteiger partial charge is 0.522 e. The van der Waals surface area contributed by atoms with Gasteiger partial charge in [-0.1, -0.05) is 0 Å². The highest BCUT2D eigenvalue weighted by molar-refractivity contribution is 4.82. The first kappa shape index (κ1) is 13.7. The molecule has 2 unspecified atom stereocenters. The van der Waals surface area contributed by atoms with Crippen LogP contribution in [0, 0.1) is 0 Å². The summed E-state index contributed by atoms with van der Waals surface area (Å²) in [5.74, 6) is 0. The van der Waals surface area contributed by atoms with Crippen molar-refractivity contribution in [3.05, 3.63) is 0 Å². The monoisotopic (exact) mass is 242 g/mol. The normalized spacial score (nSPS) is 26.6. The summed E-state index contributed by atoms with van der Waals surface area (Å²) in [5.41, 5.74) is 0. The fourth-order valence-electron chi connectivity index (χ4n) is 1.72. The first-order valence-electron chi connectivity index (χ1n) is 5.17. The standard InChI is InChI=1S/C9H17F3N2O2/c1-14(2-3-16-9(10,11)12)6-7-4-8(15)5-13-7/h7-8,13,15H,2-6H2,1H3. The molecule has 0 radical (unpaired) electrons. The Morgan fingerprint density at radius 1 is 1.50 bits per heavy atom. The lowest BCUT2D eigenvalue weighted by molar-refractivity contribution is -0.324. The molecule has 0 aromatic carbocycles. The number of aliphatic hydroxyl groups is 1. The van der Waals surface area contributed by atoms with Crippen molar-refractivity contribution in [3.63, 3.8) is 0 Å². The maximum Gasteiger partial charge on any atom is 0.522 e. The first-order chi connectivity index (χ1) is 7.37. The Labute approximate surface area is 92.4 Å². The summed E-state index contributed by atoms with van der Waals surface area (Å²) in [7, 11) is 1.73. The molecule has 1 aliphatic rings. The quantitative estimate of drug-likeness (QED) is 0.722. The minimum Gasteiger partial charge on any atom is -0.392 e. The molecule has 0 aliphatic carbocycles. The number of aliphatic hydroxyl groups excluding tert-OH is 1. The zero-order valence-electron chi connectivity index (χ0n) is 9.13. The lowest BCUT2D eigenvalue weighted by Gasteiger charge is -2.21. The van der Waals surface area contributed by atoms with Crippen LogP contribution in [0.5, 0.6) is 0 Å². The first-order valence-corrected chi connectivity index (χ1v) is 5.17. The van der Waals surface area contributed by atoms with E-state index < -0.39 is 6.36 Å².